The van der Waals surface area contributed by atoms with Gasteiger partial charge in [0.25, 0.3) is 5.91 Å². The Balaban J connectivity index is 1.67. The highest BCUT2D eigenvalue weighted by atomic mass is 35.5. The maximum atomic E-state index is 14.3. The largest absolute Gasteiger partial charge is 0.405 e. The summed E-state index contributed by atoms with van der Waals surface area (Å²) in [7, 11) is 0. The first-order valence-corrected chi connectivity index (χ1v) is 13.6. The predicted molar refractivity (Wildman–Crippen MR) is 146 cm³/mol. The number of hydrogen-bond donors (Lipinski definition) is 1. The quantitative estimate of drug-likeness (QED) is 0.160. The number of carbonyl (C=O) groups is 1. The maximum Gasteiger partial charge on any atom is 0.405 e. The number of alkyl halides is 3. The number of benzene rings is 3. The molecule has 1 aromatic heterocycles. The van der Waals surface area contributed by atoms with Crippen LogP contribution in [0.25, 0.3) is 5.69 Å². The van der Waals surface area contributed by atoms with Crippen molar-refractivity contribution in [2.24, 2.45) is 0 Å². The summed E-state index contributed by atoms with van der Waals surface area (Å²) >= 11 is 13.7. The summed E-state index contributed by atoms with van der Waals surface area (Å²) in [4.78, 5) is 16.8. The second-order valence-corrected chi connectivity index (χ2v) is 11.1. The topological polar surface area (TPSA) is 46.9 Å². The molecule has 210 valence electrons. The number of amides is 1. The van der Waals surface area contributed by atoms with Gasteiger partial charge < -0.3 is 5.32 Å². The molecule has 4 nitrogen and oxygen atoms in total. The first kappa shape index (κ1) is 29.9. The molecule has 0 aliphatic rings. The molecule has 12 heteroatoms. The first-order chi connectivity index (χ1) is 18.8. The number of nitrogens with zero attached hydrogens (tertiary/aromatic N) is 2. The van der Waals surface area contributed by atoms with E-state index in [1.54, 1.807) is 35.8 Å². The van der Waals surface area contributed by atoms with Gasteiger partial charge in [-0.05, 0) is 59.7 Å². The molecule has 3 aromatic carbocycles. The minimum Gasteiger partial charge on any atom is -0.343 e. The molecule has 1 heterocycles. The van der Waals surface area contributed by atoms with E-state index >= 15 is 0 Å². The number of halogens is 7. The van der Waals surface area contributed by atoms with Crippen LogP contribution in [-0.4, -0.2) is 28.2 Å². The smallest absolute Gasteiger partial charge is 0.343 e. The molecule has 0 aliphatic carbocycles. The number of hydrogen-bond acceptors (Lipinski definition) is 3. The highest BCUT2D eigenvalue weighted by Crippen LogP contribution is 2.38. The highest BCUT2D eigenvalue weighted by molar-refractivity contribution is 7.98. The van der Waals surface area contributed by atoms with E-state index in [1.807, 2.05) is 24.5 Å². The Morgan fingerprint density at radius 3 is 2.33 bits per heavy atom. The minimum atomic E-state index is -4.63. The lowest BCUT2D eigenvalue weighted by atomic mass is 9.81. The van der Waals surface area contributed by atoms with Gasteiger partial charge in [-0.15, -0.1) is 0 Å². The van der Waals surface area contributed by atoms with Crippen molar-refractivity contribution in [3.63, 3.8) is 0 Å². The maximum absolute atomic E-state index is 14.3. The average molecular weight is 614 g/mol. The van der Waals surface area contributed by atoms with Crippen LogP contribution < -0.4 is 5.32 Å². The lowest BCUT2D eigenvalue weighted by Gasteiger charge is -2.28. The summed E-state index contributed by atoms with van der Waals surface area (Å²) < 4.78 is 67.4. The molecule has 1 amide bonds. The fourth-order valence-electron chi connectivity index (χ4n) is 4.01. The zero-order chi connectivity index (χ0) is 29.2. The third-order valence-electron chi connectivity index (χ3n) is 6.19. The van der Waals surface area contributed by atoms with E-state index in [4.69, 9.17) is 23.2 Å². The van der Waals surface area contributed by atoms with Gasteiger partial charge in [-0.25, -0.2) is 13.8 Å². The Hall–Kier alpha value is -3.08. The molecule has 4 aromatic rings. The molecule has 1 N–H and O–H groups in total. The highest BCUT2D eigenvalue weighted by Gasteiger charge is 2.31. The number of imidazole rings is 1. The SMILES string of the molecule is CC(C)(c1ccc(Cl)c(Cl)c1)c1cnc(SCc2ccc(F)c(C(=O)NCC(F)(F)F)c2)n1-c1ccc(F)cc1. The molecular weight excluding hydrogens is 592 g/mol. The van der Waals surface area contributed by atoms with Crippen LogP contribution in [0.4, 0.5) is 22.0 Å². The number of carbonyl (C=O) groups excluding carboxylic acids is 1. The molecule has 0 aliphatic heterocycles. The van der Waals surface area contributed by atoms with Crippen LogP contribution >= 0.6 is 35.0 Å². The summed E-state index contributed by atoms with van der Waals surface area (Å²) in [5.41, 5.74) is 1.61. The van der Waals surface area contributed by atoms with Gasteiger partial charge >= 0.3 is 6.18 Å². The van der Waals surface area contributed by atoms with Gasteiger partial charge in [-0.1, -0.05) is 60.9 Å². The van der Waals surface area contributed by atoms with Crippen LogP contribution in [0.3, 0.4) is 0 Å². The van der Waals surface area contributed by atoms with Gasteiger partial charge in [0.05, 0.1) is 27.5 Å². The Labute approximate surface area is 241 Å². The fraction of sp³-hybridized carbons (Fsp3) is 0.214. The van der Waals surface area contributed by atoms with Crippen LogP contribution in [0, 0.1) is 11.6 Å². The molecule has 0 atom stereocenters. The van der Waals surface area contributed by atoms with Crippen molar-refractivity contribution >= 4 is 40.9 Å². The van der Waals surface area contributed by atoms with Gasteiger partial charge in [0.2, 0.25) is 0 Å². The molecule has 0 saturated carbocycles. The molecule has 0 bridgehead atoms. The molecule has 0 fully saturated rings. The standard InChI is InChI=1S/C28H22Cl2F5N3OS/c1-27(2,17-4-9-21(29)22(30)12-17)24-13-36-26(38(24)19-7-5-18(31)6-8-19)40-14-16-3-10-23(32)20(11-16)25(39)37-15-28(33,34)35/h3-13H,14-15H2,1-2H3,(H,37,39). The van der Waals surface area contributed by atoms with Crippen molar-refractivity contribution in [3.8, 4) is 5.69 Å². The lowest BCUT2D eigenvalue weighted by molar-refractivity contribution is -0.123. The van der Waals surface area contributed by atoms with E-state index < -0.39 is 41.2 Å². The number of thioether (sulfide) groups is 1. The van der Waals surface area contributed by atoms with Crippen molar-refractivity contribution in [2.45, 2.75) is 36.3 Å². The second kappa shape index (κ2) is 11.8. The normalized spacial score (nSPS) is 12.0. The van der Waals surface area contributed by atoms with Crippen molar-refractivity contribution in [3.05, 3.63) is 111 Å². The molecule has 0 radical (unpaired) electrons. The van der Waals surface area contributed by atoms with Gasteiger partial charge in [-0.2, -0.15) is 13.2 Å². The molecule has 0 spiro atoms. The summed E-state index contributed by atoms with van der Waals surface area (Å²) in [6.07, 6.45) is -2.94. The van der Waals surface area contributed by atoms with Crippen LogP contribution in [0.2, 0.25) is 10.0 Å². The van der Waals surface area contributed by atoms with Crippen molar-refractivity contribution < 1.29 is 26.7 Å². The lowest BCUT2D eigenvalue weighted by Crippen LogP contribution is -2.34. The van der Waals surface area contributed by atoms with E-state index in [2.05, 4.69) is 4.98 Å². The third-order valence-corrected chi connectivity index (χ3v) is 7.95. The summed E-state index contributed by atoms with van der Waals surface area (Å²) in [6, 6.07) is 14.9. The van der Waals surface area contributed by atoms with Gasteiger partial charge in [-0.3, -0.25) is 9.36 Å². The van der Waals surface area contributed by atoms with Crippen LogP contribution in [-0.2, 0) is 11.2 Å². The summed E-state index contributed by atoms with van der Waals surface area (Å²) in [5, 5.41) is 3.00. The number of nitrogens with one attached hydrogen (secondary N) is 1. The monoisotopic (exact) mass is 613 g/mol. The van der Waals surface area contributed by atoms with Crippen LogP contribution in [0.1, 0.15) is 41.0 Å². The van der Waals surface area contributed by atoms with Gasteiger partial charge in [0, 0.05) is 16.9 Å². The Kier molecular flexibility index (Phi) is 8.82. The Bertz CT molecular complexity index is 1540. The Morgan fingerprint density at radius 2 is 1.68 bits per heavy atom. The summed E-state index contributed by atoms with van der Waals surface area (Å²) in [5.74, 6) is -2.30. The van der Waals surface area contributed by atoms with Crippen LogP contribution in [0.15, 0.2) is 72.0 Å². The Morgan fingerprint density at radius 1 is 0.975 bits per heavy atom. The van der Waals surface area contributed by atoms with Crippen molar-refractivity contribution in [1.29, 1.82) is 0 Å². The van der Waals surface area contributed by atoms with Gasteiger partial charge in [0.1, 0.15) is 18.2 Å². The minimum absolute atomic E-state index is 0.213. The predicted octanol–water partition coefficient (Wildman–Crippen LogP) is 8.37. The zero-order valence-corrected chi connectivity index (χ0v) is 23.5. The summed E-state index contributed by atoms with van der Waals surface area (Å²) in [6.45, 7) is 2.38. The van der Waals surface area contributed by atoms with E-state index in [0.717, 1.165) is 17.3 Å². The number of aromatic nitrogens is 2. The van der Waals surface area contributed by atoms with E-state index in [1.165, 1.54) is 36.0 Å². The van der Waals surface area contributed by atoms with Crippen LogP contribution in [0.5, 0.6) is 0 Å². The zero-order valence-electron chi connectivity index (χ0n) is 21.1. The van der Waals surface area contributed by atoms with E-state index in [9.17, 15) is 26.7 Å². The first-order valence-electron chi connectivity index (χ1n) is 11.8. The third kappa shape index (κ3) is 6.79. The molecule has 4 rings (SSSR count). The molecular formula is C28H22Cl2F5N3OS. The van der Waals surface area contributed by atoms with E-state index in [0.29, 0.717) is 26.5 Å². The van der Waals surface area contributed by atoms with E-state index in [-0.39, 0.29) is 5.75 Å². The van der Waals surface area contributed by atoms with Gasteiger partial charge in [0.15, 0.2) is 5.16 Å². The average Bonchev–Trinajstić information content (AvgIpc) is 3.33. The molecule has 0 unspecified atom stereocenters. The molecule has 40 heavy (non-hydrogen) atoms. The van der Waals surface area contributed by atoms with Crippen molar-refractivity contribution in [1.82, 2.24) is 14.9 Å². The molecule has 0 saturated heterocycles. The second-order valence-electron chi connectivity index (χ2n) is 9.39. The van der Waals surface area contributed by atoms with Crippen molar-refractivity contribution in [2.75, 3.05) is 6.54 Å². The fourth-order valence-corrected chi connectivity index (χ4v) is 5.24. The number of rotatable bonds is 8.